The molecule has 1 unspecified atom stereocenters. The van der Waals surface area contributed by atoms with E-state index < -0.39 is 0 Å². The highest BCUT2D eigenvalue weighted by Crippen LogP contribution is 2.39. The van der Waals surface area contributed by atoms with Crippen LogP contribution in [0.15, 0.2) is 41.5 Å². The number of thioether (sulfide) groups is 1. The van der Waals surface area contributed by atoms with E-state index in [4.69, 9.17) is 16.3 Å². The van der Waals surface area contributed by atoms with Gasteiger partial charge in [-0.2, -0.15) is 0 Å². The second-order valence-corrected chi connectivity index (χ2v) is 6.24. The second kappa shape index (κ2) is 8.43. The molecule has 3 heteroatoms. The third-order valence-corrected chi connectivity index (χ3v) is 4.66. The lowest BCUT2D eigenvalue weighted by molar-refractivity contribution is 0.259. The summed E-state index contributed by atoms with van der Waals surface area (Å²) in [7, 11) is 0. The van der Waals surface area contributed by atoms with Crippen LogP contribution in [0, 0.1) is 5.92 Å². The quantitative estimate of drug-likeness (QED) is 0.542. The van der Waals surface area contributed by atoms with Gasteiger partial charge in [0.05, 0.1) is 6.61 Å². The Morgan fingerprint density at radius 2 is 2.10 bits per heavy atom. The molecule has 0 amide bonds. The number of ether oxygens (including phenoxy) is 1. The summed E-state index contributed by atoms with van der Waals surface area (Å²) in [6.07, 6.45) is 1.11. The fourth-order valence-electron chi connectivity index (χ4n) is 1.83. The molecule has 1 aromatic carbocycles. The minimum Gasteiger partial charge on any atom is -0.488 e. The maximum absolute atomic E-state index is 6.12. The van der Waals surface area contributed by atoms with Crippen molar-refractivity contribution in [2.75, 3.05) is 6.61 Å². The van der Waals surface area contributed by atoms with Crippen molar-refractivity contribution in [2.24, 2.45) is 5.92 Å². The van der Waals surface area contributed by atoms with E-state index in [-0.39, 0.29) is 0 Å². The molecule has 20 heavy (non-hydrogen) atoms. The van der Waals surface area contributed by atoms with E-state index >= 15 is 0 Å². The van der Waals surface area contributed by atoms with Crippen LogP contribution in [0.25, 0.3) is 4.91 Å². The lowest BCUT2D eigenvalue weighted by atomic mass is 9.97. The fraction of sp³-hybridized carbons (Fsp3) is 0.412. The number of halogens is 1. The molecule has 1 nitrogen and oxygen atoms in total. The highest BCUT2D eigenvalue weighted by molar-refractivity contribution is 8.11. The van der Waals surface area contributed by atoms with E-state index in [9.17, 15) is 0 Å². The van der Waals surface area contributed by atoms with Crippen molar-refractivity contribution in [1.29, 1.82) is 0 Å². The number of hydrogen-bond acceptors (Lipinski definition) is 2. The average Bonchev–Trinajstić information content (AvgIpc) is 2.43. The minimum atomic E-state index is 0.519. The van der Waals surface area contributed by atoms with E-state index in [1.54, 1.807) is 11.8 Å². The summed E-state index contributed by atoms with van der Waals surface area (Å²) in [4.78, 5) is 1.19. The van der Waals surface area contributed by atoms with Crippen LogP contribution in [0.1, 0.15) is 39.7 Å². The van der Waals surface area contributed by atoms with Crippen molar-refractivity contribution in [3.05, 3.63) is 52.1 Å². The standard InChI is InChI=1S/C17H23ClOS/c1-6-12(3)13(4)17(20-14(5)19-7-2)15-9-8-10-16(18)11-15/h8-12H,5-7H2,1-4H3/b17-13-. The summed E-state index contributed by atoms with van der Waals surface area (Å²) in [6.45, 7) is 13.2. The Balaban J connectivity index is 3.17. The van der Waals surface area contributed by atoms with Crippen LogP contribution in [0.2, 0.25) is 5.02 Å². The van der Waals surface area contributed by atoms with Crippen LogP contribution in [0.5, 0.6) is 0 Å². The normalized spacial score (nSPS) is 13.7. The average molecular weight is 311 g/mol. The van der Waals surface area contributed by atoms with E-state index in [1.165, 1.54) is 10.5 Å². The molecule has 1 atom stereocenters. The van der Waals surface area contributed by atoms with Gasteiger partial charge in [-0.3, -0.25) is 0 Å². The largest absolute Gasteiger partial charge is 0.488 e. The Morgan fingerprint density at radius 1 is 1.40 bits per heavy atom. The van der Waals surface area contributed by atoms with Crippen molar-refractivity contribution < 1.29 is 4.74 Å². The van der Waals surface area contributed by atoms with Crippen LogP contribution in [-0.4, -0.2) is 6.61 Å². The van der Waals surface area contributed by atoms with Crippen LogP contribution >= 0.6 is 23.4 Å². The molecule has 0 aliphatic rings. The molecule has 0 aromatic heterocycles. The maximum Gasteiger partial charge on any atom is 0.150 e. The Bertz CT molecular complexity index is 494. The number of rotatable bonds is 7. The zero-order valence-corrected chi connectivity index (χ0v) is 14.3. The zero-order chi connectivity index (χ0) is 15.1. The maximum atomic E-state index is 6.12. The Labute approximate surface area is 132 Å². The molecule has 0 radical (unpaired) electrons. The molecule has 0 saturated carbocycles. The molecular weight excluding hydrogens is 288 g/mol. The van der Waals surface area contributed by atoms with Gasteiger partial charge in [0.2, 0.25) is 0 Å². The van der Waals surface area contributed by atoms with Gasteiger partial charge in [-0.15, -0.1) is 0 Å². The van der Waals surface area contributed by atoms with Gasteiger partial charge in [0.25, 0.3) is 0 Å². The predicted molar refractivity (Wildman–Crippen MR) is 91.9 cm³/mol. The molecule has 110 valence electrons. The van der Waals surface area contributed by atoms with Gasteiger partial charge in [-0.25, -0.2) is 0 Å². The van der Waals surface area contributed by atoms with Gasteiger partial charge in [0.15, 0.2) is 5.09 Å². The molecule has 0 saturated heterocycles. The first-order valence-corrected chi connectivity index (χ1v) is 8.15. The van der Waals surface area contributed by atoms with Crippen molar-refractivity contribution in [3.8, 4) is 0 Å². The number of benzene rings is 1. The zero-order valence-electron chi connectivity index (χ0n) is 12.7. The predicted octanol–water partition coefficient (Wildman–Crippen LogP) is 6.36. The monoisotopic (exact) mass is 310 g/mol. The highest BCUT2D eigenvalue weighted by atomic mass is 35.5. The Hall–Kier alpha value is -0.860. The highest BCUT2D eigenvalue weighted by Gasteiger charge is 2.14. The summed E-state index contributed by atoms with van der Waals surface area (Å²) < 4.78 is 5.49. The van der Waals surface area contributed by atoms with Gasteiger partial charge in [-0.1, -0.05) is 54.9 Å². The first-order chi connectivity index (χ1) is 9.49. The molecule has 0 fully saturated rings. The summed E-state index contributed by atoms with van der Waals surface area (Å²) in [5.74, 6) is 0.519. The van der Waals surface area contributed by atoms with Gasteiger partial charge >= 0.3 is 0 Å². The SMILES string of the molecule is C=C(OCC)S/C(=C(/C)C(C)CC)c1cccc(Cl)c1. The van der Waals surface area contributed by atoms with Crippen LogP contribution in [0.3, 0.4) is 0 Å². The van der Waals surface area contributed by atoms with Gasteiger partial charge in [0.1, 0.15) is 0 Å². The molecule has 0 bridgehead atoms. The van der Waals surface area contributed by atoms with E-state index in [0.717, 1.165) is 22.1 Å². The van der Waals surface area contributed by atoms with Crippen LogP contribution < -0.4 is 0 Å². The third-order valence-electron chi connectivity index (χ3n) is 3.32. The minimum absolute atomic E-state index is 0.519. The third kappa shape index (κ3) is 4.92. The van der Waals surface area contributed by atoms with Crippen LogP contribution in [-0.2, 0) is 4.74 Å². The Kier molecular flexibility index (Phi) is 7.25. The van der Waals surface area contributed by atoms with Crippen molar-refractivity contribution in [3.63, 3.8) is 0 Å². The summed E-state index contributed by atoms with van der Waals surface area (Å²) in [5, 5.41) is 1.48. The first-order valence-electron chi connectivity index (χ1n) is 6.95. The Morgan fingerprint density at radius 3 is 2.65 bits per heavy atom. The topological polar surface area (TPSA) is 9.23 Å². The smallest absolute Gasteiger partial charge is 0.150 e. The second-order valence-electron chi connectivity index (χ2n) is 4.74. The number of hydrogen-bond donors (Lipinski definition) is 0. The molecular formula is C17H23ClOS. The summed E-state index contributed by atoms with van der Waals surface area (Å²) >= 11 is 7.71. The molecule has 1 aromatic rings. The van der Waals surface area contributed by atoms with Gasteiger partial charge < -0.3 is 4.74 Å². The van der Waals surface area contributed by atoms with Crippen molar-refractivity contribution in [2.45, 2.75) is 34.1 Å². The molecule has 1 rings (SSSR count). The van der Waals surface area contributed by atoms with Crippen molar-refractivity contribution in [1.82, 2.24) is 0 Å². The van der Waals surface area contributed by atoms with Crippen molar-refractivity contribution >= 4 is 28.3 Å². The summed E-state index contributed by atoms with van der Waals surface area (Å²) in [6, 6.07) is 7.95. The lowest BCUT2D eigenvalue weighted by Crippen LogP contribution is -1.98. The number of allylic oxidation sites excluding steroid dienone is 1. The molecule has 0 aliphatic carbocycles. The van der Waals surface area contributed by atoms with E-state index in [0.29, 0.717) is 12.5 Å². The van der Waals surface area contributed by atoms with E-state index in [2.05, 4.69) is 33.4 Å². The molecule has 0 aliphatic heterocycles. The van der Waals surface area contributed by atoms with Crippen LogP contribution in [0.4, 0.5) is 0 Å². The molecule has 0 spiro atoms. The fourth-order valence-corrected chi connectivity index (χ4v) is 3.03. The van der Waals surface area contributed by atoms with Gasteiger partial charge in [-0.05, 0) is 50.5 Å². The molecule has 0 heterocycles. The lowest BCUT2D eigenvalue weighted by Gasteiger charge is -2.18. The molecule has 0 N–H and O–H groups in total. The van der Waals surface area contributed by atoms with E-state index in [1.807, 2.05) is 25.1 Å². The summed E-state index contributed by atoms with van der Waals surface area (Å²) in [5.41, 5.74) is 2.47. The van der Waals surface area contributed by atoms with Gasteiger partial charge in [0, 0.05) is 9.93 Å². The first kappa shape index (κ1) is 17.2.